The molecule has 1 aromatic carbocycles. The van der Waals surface area contributed by atoms with Gasteiger partial charge in [-0.1, -0.05) is 18.2 Å². The standard InChI is InChI=1S/C12H15NO3/c14-12(15-10-4-2-1-3-5-10)16-11-6-8-13-9-7-11/h1-5,11,13H,6-9H2. The van der Waals surface area contributed by atoms with Gasteiger partial charge in [0.25, 0.3) is 0 Å². The van der Waals surface area contributed by atoms with Crippen LogP contribution in [-0.4, -0.2) is 25.3 Å². The van der Waals surface area contributed by atoms with Crippen molar-refractivity contribution in [3.05, 3.63) is 30.3 Å². The third-order valence-electron chi connectivity index (χ3n) is 2.49. The molecule has 16 heavy (non-hydrogen) atoms. The maximum absolute atomic E-state index is 11.4. The zero-order valence-electron chi connectivity index (χ0n) is 9.02. The summed E-state index contributed by atoms with van der Waals surface area (Å²) in [7, 11) is 0. The summed E-state index contributed by atoms with van der Waals surface area (Å²) in [5.74, 6) is 0.515. The highest BCUT2D eigenvalue weighted by molar-refractivity contribution is 5.63. The minimum absolute atomic E-state index is 0.0162. The quantitative estimate of drug-likeness (QED) is 0.612. The predicted octanol–water partition coefficient (Wildman–Crippen LogP) is 1.95. The lowest BCUT2D eigenvalue weighted by atomic mass is 10.1. The van der Waals surface area contributed by atoms with Crippen molar-refractivity contribution in [2.45, 2.75) is 18.9 Å². The van der Waals surface area contributed by atoms with Crippen LogP contribution >= 0.6 is 0 Å². The van der Waals surface area contributed by atoms with E-state index in [1.165, 1.54) is 0 Å². The van der Waals surface area contributed by atoms with Gasteiger partial charge in [0, 0.05) is 0 Å². The summed E-state index contributed by atoms with van der Waals surface area (Å²) in [5.41, 5.74) is 0. The van der Waals surface area contributed by atoms with Crippen LogP contribution in [0.15, 0.2) is 30.3 Å². The molecule has 0 aliphatic carbocycles. The largest absolute Gasteiger partial charge is 0.514 e. The van der Waals surface area contributed by atoms with E-state index in [0.717, 1.165) is 25.9 Å². The summed E-state index contributed by atoms with van der Waals surface area (Å²) >= 11 is 0. The topological polar surface area (TPSA) is 47.6 Å². The number of hydrogen-bond acceptors (Lipinski definition) is 4. The Morgan fingerprint density at radius 2 is 1.88 bits per heavy atom. The molecule has 1 aliphatic heterocycles. The lowest BCUT2D eigenvalue weighted by molar-refractivity contribution is 0.0449. The molecule has 1 aromatic rings. The van der Waals surface area contributed by atoms with Crippen LogP contribution in [0.4, 0.5) is 4.79 Å². The molecular weight excluding hydrogens is 206 g/mol. The number of benzene rings is 1. The molecule has 0 aromatic heterocycles. The van der Waals surface area contributed by atoms with E-state index in [9.17, 15) is 4.79 Å². The Labute approximate surface area is 94.6 Å². The lowest BCUT2D eigenvalue weighted by Gasteiger charge is -2.22. The number of nitrogens with one attached hydrogen (secondary N) is 1. The van der Waals surface area contributed by atoms with Crippen LogP contribution in [0.5, 0.6) is 5.75 Å². The monoisotopic (exact) mass is 221 g/mol. The van der Waals surface area contributed by atoms with Gasteiger partial charge in [0.15, 0.2) is 0 Å². The van der Waals surface area contributed by atoms with Gasteiger partial charge in [-0.25, -0.2) is 4.79 Å². The number of piperidine rings is 1. The van der Waals surface area contributed by atoms with Crippen LogP contribution in [0.1, 0.15) is 12.8 Å². The first kappa shape index (κ1) is 11.0. The van der Waals surface area contributed by atoms with Crippen LogP contribution in [0, 0.1) is 0 Å². The fourth-order valence-corrected chi connectivity index (χ4v) is 1.66. The lowest BCUT2D eigenvalue weighted by Crippen LogP contribution is -2.34. The van der Waals surface area contributed by atoms with Crippen LogP contribution < -0.4 is 10.1 Å². The SMILES string of the molecule is O=C(Oc1ccccc1)OC1CCNCC1. The van der Waals surface area contributed by atoms with Crippen LogP contribution in [-0.2, 0) is 4.74 Å². The minimum atomic E-state index is -0.613. The van der Waals surface area contributed by atoms with Crippen molar-refractivity contribution in [3.63, 3.8) is 0 Å². The molecule has 0 saturated carbocycles. The van der Waals surface area contributed by atoms with Gasteiger partial charge in [-0.2, -0.15) is 0 Å². The van der Waals surface area contributed by atoms with Gasteiger partial charge >= 0.3 is 6.16 Å². The summed E-state index contributed by atoms with van der Waals surface area (Å²) in [6.45, 7) is 1.78. The molecule has 1 aliphatic rings. The number of carbonyl (C=O) groups is 1. The van der Waals surface area contributed by atoms with Crippen molar-refractivity contribution >= 4 is 6.16 Å². The number of para-hydroxylation sites is 1. The minimum Gasteiger partial charge on any atom is -0.431 e. The second-order valence-electron chi connectivity index (χ2n) is 3.73. The normalized spacial score (nSPS) is 16.8. The Balaban J connectivity index is 1.80. The molecule has 0 spiro atoms. The second-order valence-corrected chi connectivity index (χ2v) is 3.73. The van der Waals surface area contributed by atoms with Crippen molar-refractivity contribution < 1.29 is 14.3 Å². The third-order valence-corrected chi connectivity index (χ3v) is 2.49. The fraction of sp³-hybridized carbons (Fsp3) is 0.417. The Bertz CT molecular complexity index is 333. The molecule has 4 heteroatoms. The summed E-state index contributed by atoms with van der Waals surface area (Å²) in [6.07, 6.45) is 1.07. The van der Waals surface area contributed by atoms with Crippen molar-refractivity contribution in [2.24, 2.45) is 0 Å². The zero-order valence-corrected chi connectivity index (χ0v) is 9.02. The maximum Gasteiger partial charge on any atom is 0.514 e. The summed E-state index contributed by atoms with van der Waals surface area (Å²) < 4.78 is 10.2. The van der Waals surface area contributed by atoms with Gasteiger partial charge in [0.1, 0.15) is 11.9 Å². The maximum atomic E-state index is 11.4. The molecule has 4 nitrogen and oxygen atoms in total. The molecule has 86 valence electrons. The number of rotatable bonds is 2. The fourth-order valence-electron chi connectivity index (χ4n) is 1.66. The molecule has 2 rings (SSSR count). The van der Waals surface area contributed by atoms with E-state index in [4.69, 9.17) is 9.47 Å². The van der Waals surface area contributed by atoms with Gasteiger partial charge in [0.05, 0.1) is 0 Å². The highest BCUT2D eigenvalue weighted by Gasteiger charge is 2.18. The zero-order chi connectivity index (χ0) is 11.2. The smallest absolute Gasteiger partial charge is 0.431 e. The molecule has 0 amide bonds. The van der Waals surface area contributed by atoms with Crippen LogP contribution in [0.25, 0.3) is 0 Å². The highest BCUT2D eigenvalue weighted by atomic mass is 16.7. The van der Waals surface area contributed by atoms with E-state index in [1.54, 1.807) is 12.1 Å². The van der Waals surface area contributed by atoms with Crippen molar-refractivity contribution in [1.82, 2.24) is 5.32 Å². The second kappa shape index (κ2) is 5.51. The van der Waals surface area contributed by atoms with Gasteiger partial charge < -0.3 is 14.8 Å². The molecular formula is C12H15NO3. The van der Waals surface area contributed by atoms with Crippen LogP contribution in [0.2, 0.25) is 0 Å². The van der Waals surface area contributed by atoms with Crippen molar-refractivity contribution in [2.75, 3.05) is 13.1 Å². The van der Waals surface area contributed by atoms with Gasteiger partial charge in [-0.05, 0) is 38.1 Å². The molecule has 0 bridgehead atoms. The van der Waals surface area contributed by atoms with Gasteiger partial charge in [0.2, 0.25) is 0 Å². The molecule has 0 radical (unpaired) electrons. The summed E-state index contributed by atoms with van der Waals surface area (Å²) in [5, 5.41) is 3.21. The summed E-state index contributed by atoms with van der Waals surface area (Å²) in [6, 6.07) is 8.94. The molecule has 0 unspecified atom stereocenters. The van der Waals surface area contributed by atoms with E-state index in [0.29, 0.717) is 5.75 Å². The third kappa shape index (κ3) is 3.24. The van der Waals surface area contributed by atoms with Gasteiger partial charge in [-0.3, -0.25) is 0 Å². The highest BCUT2D eigenvalue weighted by Crippen LogP contribution is 2.12. The molecule has 0 atom stereocenters. The Kier molecular flexibility index (Phi) is 3.77. The van der Waals surface area contributed by atoms with Crippen molar-refractivity contribution in [1.29, 1.82) is 0 Å². The van der Waals surface area contributed by atoms with E-state index in [2.05, 4.69) is 5.32 Å². The average molecular weight is 221 g/mol. The number of carbonyl (C=O) groups excluding carboxylic acids is 1. The Hall–Kier alpha value is -1.55. The van der Waals surface area contributed by atoms with E-state index < -0.39 is 6.16 Å². The molecule has 1 fully saturated rings. The first-order chi connectivity index (χ1) is 7.84. The molecule has 1 N–H and O–H groups in total. The van der Waals surface area contributed by atoms with Crippen LogP contribution in [0.3, 0.4) is 0 Å². The molecule has 1 heterocycles. The van der Waals surface area contributed by atoms with Gasteiger partial charge in [-0.15, -0.1) is 0 Å². The van der Waals surface area contributed by atoms with E-state index in [-0.39, 0.29) is 6.10 Å². The summed E-state index contributed by atoms with van der Waals surface area (Å²) in [4.78, 5) is 11.4. The Morgan fingerprint density at radius 1 is 1.19 bits per heavy atom. The molecule has 1 saturated heterocycles. The van der Waals surface area contributed by atoms with E-state index in [1.807, 2.05) is 18.2 Å². The van der Waals surface area contributed by atoms with E-state index >= 15 is 0 Å². The number of hydrogen-bond donors (Lipinski definition) is 1. The predicted molar refractivity (Wildman–Crippen MR) is 59.4 cm³/mol. The first-order valence-electron chi connectivity index (χ1n) is 5.49. The number of ether oxygens (including phenoxy) is 2. The Morgan fingerprint density at radius 3 is 2.56 bits per heavy atom. The van der Waals surface area contributed by atoms with Crippen molar-refractivity contribution in [3.8, 4) is 5.75 Å². The average Bonchev–Trinajstić information content (AvgIpc) is 2.31. The first-order valence-corrected chi connectivity index (χ1v) is 5.49.